The Labute approximate surface area is 155 Å². The molecule has 1 aromatic heterocycles. The number of methoxy groups -OCH3 is 1. The fourth-order valence-corrected chi connectivity index (χ4v) is 2.59. The first-order valence-corrected chi connectivity index (χ1v) is 7.73. The third-order valence-electron chi connectivity index (χ3n) is 4.05. The van der Waals surface area contributed by atoms with Crippen LogP contribution in [-0.4, -0.2) is 73.8 Å². The lowest BCUT2D eigenvalue weighted by Crippen LogP contribution is -2.50. The van der Waals surface area contributed by atoms with Crippen LogP contribution < -0.4 is 5.32 Å². The number of nitrogens with one attached hydrogen (secondary N) is 1. The van der Waals surface area contributed by atoms with E-state index in [1.54, 1.807) is 7.11 Å². The minimum atomic E-state index is 0. The summed E-state index contributed by atoms with van der Waals surface area (Å²) < 4.78 is 10.1. The first kappa shape index (κ1) is 23.1. The van der Waals surface area contributed by atoms with Gasteiger partial charge in [0.25, 0.3) is 0 Å². The van der Waals surface area contributed by atoms with Crippen molar-refractivity contribution >= 4 is 30.7 Å². The van der Waals surface area contributed by atoms with E-state index >= 15 is 0 Å². The van der Waals surface area contributed by atoms with Crippen LogP contribution >= 0.6 is 24.8 Å². The molecule has 1 amide bonds. The Bertz CT molecular complexity index is 472. The molecule has 7 nitrogen and oxygen atoms in total. The van der Waals surface area contributed by atoms with Gasteiger partial charge in [0.05, 0.1) is 18.8 Å². The smallest absolute Gasteiger partial charge is 0.236 e. The second-order valence-corrected chi connectivity index (χ2v) is 5.63. The van der Waals surface area contributed by atoms with Crippen LogP contribution in [0.5, 0.6) is 0 Å². The summed E-state index contributed by atoms with van der Waals surface area (Å²) in [5, 5.41) is 7.08. The zero-order valence-electron chi connectivity index (χ0n) is 14.5. The second-order valence-electron chi connectivity index (χ2n) is 5.63. The highest BCUT2D eigenvalue weighted by Gasteiger charge is 2.22. The zero-order valence-corrected chi connectivity index (χ0v) is 16.2. The second kappa shape index (κ2) is 11.7. The fourth-order valence-electron chi connectivity index (χ4n) is 2.59. The van der Waals surface area contributed by atoms with Gasteiger partial charge in [-0.3, -0.25) is 9.69 Å². The van der Waals surface area contributed by atoms with E-state index in [-0.39, 0.29) is 30.7 Å². The lowest BCUT2D eigenvalue weighted by molar-refractivity contribution is -0.132. The predicted octanol–water partition coefficient (Wildman–Crippen LogP) is 1.02. The molecule has 0 bridgehead atoms. The first-order chi connectivity index (χ1) is 10.6. The Morgan fingerprint density at radius 3 is 2.46 bits per heavy atom. The molecule has 0 spiro atoms. The van der Waals surface area contributed by atoms with Gasteiger partial charge in [-0.05, 0) is 13.8 Å². The molecule has 0 atom stereocenters. The van der Waals surface area contributed by atoms with Crippen molar-refractivity contribution in [1.82, 2.24) is 20.3 Å². The van der Waals surface area contributed by atoms with E-state index in [0.717, 1.165) is 44.2 Å². The highest BCUT2D eigenvalue weighted by atomic mass is 35.5. The normalized spacial score (nSPS) is 14.9. The Morgan fingerprint density at radius 2 is 1.92 bits per heavy atom. The van der Waals surface area contributed by atoms with Gasteiger partial charge in [-0.2, -0.15) is 0 Å². The van der Waals surface area contributed by atoms with Crippen LogP contribution in [0.3, 0.4) is 0 Å². The highest BCUT2D eigenvalue weighted by Crippen LogP contribution is 2.16. The van der Waals surface area contributed by atoms with Crippen LogP contribution in [-0.2, 0) is 16.1 Å². The van der Waals surface area contributed by atoms with Gasteiger partial charge in [-0.1, -0.05) is 5.16 Å². The molecular formula is C15H28Cl2N4O3. The SMILES string of the molecule is COCCNCC(=O)N1CCN(Cc2c(C)noc2C)CC1.Cl.Cl. The van der Waals surface area contributed by atoms with Crippen molar-refractivity contribution in [2.24, 2.45) is 0 Å². The van der Waals surface area contributed by atoms with E-state index in [1.807, 2.05) is 18.7 Å². The molecule has 0 saturated carbocycles. The number of hydrogen-bond donors (Lipinski definition) is 1. The van der Waals surface area contributed by atoms with E-state index in [4.69, 9.17) is 9.26 Å². The molecule has 1 saturated heterocycles. The maximum Gasteiger partial charge on any atom is 0.236 e. The number of hydrogen-bond acceptors (Lipinski definition) is 6. The van der Waals surface area contributed by atoms with Crippen molar-refractivity contribution in [2.75, 3.05) is 53.0 Å². The van der Waals surface area contributed by atoms with Gasteiger partial charge >= 0.3 is 0 Å². The quantitative estimate of drug-likeness (QED) is 0.709. The Hall–Kier alpha value is -0.860. The van der Waals surface area contributed by atoms with Crippen molar-refractivity contribution in [1.29, 1.82) is 0 Å². The monoisotopic (exact) mass is 382 g/mol. The van der Waals surface area contributed by atoms with Crippen molar-refractivity contribution in [2.45, 2.75) is 20.4 Å². The molecule has 1 N–H and O–H groups in total. The van der Waals surface area contributed by atoms with Crippen LogP contribution in [0.15, 0.2) is 4.52 Å². The number of piperazine rings is 1. The average Bonchev–Trinajstić information content (AvgIpc) is 2.84. The number of rotatable bonds is 7. The largest absolute Gasteiger partial charge is 0.383 e. The third kappa shape index (κ3) is 6.57. The van der Waals surface area contributed by atoms with Gasteiger partial charge in [-0.25, -0.2) is 0 Å². The number of carbonyl (C=O) groups excluding carboxylic acids is 1. The van der Waals surface area contributed by atoms with Crippen LogP contribution in [0.1, 0.15) is 17.0 Å². The molecule has 0 aliphatic carbocycles. The molecule has 0 radical (unpaired) electrons. The van der Waals surface area contributed by atoms with Crippen LogP contribution in [0.25, 0.3) is 0 Å². The fraction of sp³-hybridized carbons (Fsp3) is 0.733. The Morgan fingerprint density at radius 1 is 1.25 bits per heavy atom. The standard InChI is InChI=1S/C15H26N4O3.2ClH/c1-12-14(13(2)22-17-12)11-18-5-7-19(8-6-18)15(20)10-16-4-9-21-3;;/h16H,4-11H2,1-3H3;2*1H. The third-order valence-corrected chi connectivity index (χ3v) is 4.05. The van der Waals surface area contributed by atoms with E-state index < -0.39 is 0 Å². The molecule has 1 aliphatic rings. The number of halogens is 2. The molecule has 24 heavy (non-hydrogen) atoms. The number of aromatic nitrogens is 1. The van der Waals surface area contributed by atoms with Crippen molar-refractivity contribution < 1.29 is 14.1 Å². The first-order valence-electron chi connectivity index (χ1n) is 7.73. The summed E-state index contributed by atoms with van der Waals surface area (Å²) in [5.74, 6) is 1.05. The maximum atomic E-state index is 12.1. The molecule has 140 valence electrons. The Balaban J connectivity index is 0.00000264. The Kier molecular flexibility index (Phi) is 11.2. The zero-order chi connectivity index (χ0) is 15.9. The lowest BCUT2D eigenvalue weighted by Gasteiger charge is -2.34. The van der Waals surface area contributed by atoms with E-state index in [2.05, 4.69) is 15.4 Å². The van der Waals surface area contributed by atoms with Crippen molar-refractivity contribution in [3.05, 3.63) is 17.0 Å². The van der Waals surface area contributed by atoms with Crippen LogP contribution in [0.4, 0.5) is 0 Å². The number of carbonyl (C=O) groups is 1. The molecule has 0 unspecified atom stereocenters. The predicted molar refractivity (Wildman–Crippen MR) is 97.1 cm³/mol. The summed E-state index contributed by atoms with van der Waals surface area (Å²) in [6, 6.07) is 0. The highest BCUT2D eigenvalue weighted by molar-refractivity contribution is 5.85. The molecule has 9 heteroatoms. The van der Waals surface area contributed by atoms with Gasteiger partial charge in [-0.15, -0.1) is 24.8 Å². The lowest BCUT2D eigenvalue weighted by atomic mass is 10.2. The molecule has 2 rings (SSSR count). The number of nitrogens with zero attached hydrogens (tertiary/aromatic N) is 3. The van der Waals surface area contributed by atoms with E-state index in [1.165, 1.54) is 5.56 Å². The van der Waals surface area contributed by atoms with Gasteiger partial charge in [0.2, 0.25) is 5.91 Å². The van der Waals surface area contributed by atoms with Crippen molar-refractivity contribution in [3.8, 4) is 0 Å². The average molecular weight is 383 g/mol. The van der Waals surface area contributed by atoms with Gasteiger partial charge in [0.1, 0.15) is 5.76 Å². The summed E-state index contributed by atoms with van der Waals surface area (Å²) in [5.41, 5.74) is 2.12. The summed E-state index contributed by atoms with van der Waals surface area (Å²) in [4.78, 5) is 16.3. The number of amides is 1. The molecule has 1 aliphatic heterocycles. The summed E-state index contributed by atoms with van der Waals surface area (Å²) in [6.07, 6.45) is 0. The molecule has 1 fully saturated rings. The van der Waals surface area contributed by atoms with Crippen LogP contribution in [0.2, 0.25) is 0 Å². The summed E-state index contributed by atoms with van der Waals surface area (Å²) in [6.45, 7) is 9.78. The summed E-state index contributed by atoms with van der Waals surface area (Å²) >= 11 is 0. The van der Waals surface area contributed by atoms with Gasteiger partial charge < -0.3 is 19.5 Å². The minimum absolute atomic E-state index is 0. The number of ether oxygens (including phenoxy) is 1. The number of aryl methyl sites for hydroxylation is 2. The molecule has 1 aromatic rings. The molecular weight excluding hydrogens is 355 g/mol. The van der Waals surface area contributed by atoms with Crippen molar-refractivity contribution in [3.63, 3.8) is 0 Å². The topological polar surface area (TPSA) is 70.8 Å². The van der Waals surface area contributed by atoms with Gasteiger partial charge in [0, 0.05) is 51.9 Å². The maximum absolute atomic E-state index is 12.1. The van der Waals surface area contributed by atoms with Crippen LogP contribution in [0, 0.1) is 13.8 Å². The van der Waals surface area contributed by atoms with E-state index in [9.17, 15) is 4.79 Å². The minimum Gasteiger partial charge on any atom is -0.383 e. The molecule has 2 heterocycles. The van der Waals surface area contributed by atoms with E-state index in [0.29, 0.717) is 19.7 Å². The molecule has 0 aromatic carbocycles. The van der Waals surface area contributed by atoms with Gasteiger partial charge in [0.15, 0.2) is 0 Å². The summed E-state index contributed by atoms with van der Waals surface area (Å²) in [7, 11) is 1.65.